The van der Waals surface area contributed by atoms with E-state index in [1.165, 1.54) is 0 Å². The molecule has 1 aliphatic heterocycles. The van der Waals surface area contributed by atoms with Gasteiger partial charge in [-0.15, -0.1) is 0 Å². The summed E-state index contributed by atoms with van der Waals surface area (Å²) in [5, 5.41) is 9.00. The van der Waals surface area contributed by atoms with Crippen LogP contribution in [0, 0.1) is 5.41 Å². The molecule has 1 saturated heterocycles. The summed E-state index contributed by atoms with van der Waals surface area (Å²) < 4.78 is 0. The number of aliphatic carboxylic acids is 1. The number of nitrogens with two attached hydrogens (primary N) is 1. The van der Waals surface area contributed by atoms with Crippen LogP contribution in [0.25, 0.3) is 0 Å². The van der Waals surface area contributed by atoms with Crippen LogP contribution < -0.4 is 5.73 Å². The van der Waals surface area contributed by atoms with Crippen LogP contribution in [0.5, 0.6) is 0 Å². The number of hydrogen-bond donors (Lipinski definition) is 2. The molecule has 15 heavy (non-hydrogen) atoms. The van der Waals surface area contributed by atoms with Crippen molar-refractivity contribution in [3.8, 4) is 0 Å². The Hall–Kier alpha value is -1.10. The Morgan fingerprint density at radius 2 is 1.93 bits per heavy atom. The lowest BCUT2D eigenvalue weighted by atomic mass is 9.80. The minimum absolute atomic E-state index is 0.0324. The summed E-state index contributed by atoms with van der Waals surface area (Å²) in [5.74, 6) is -0.738. The van der Waals surface area contributed by atoms with Crippen molar-refractivity contribution in [3.05, 3.63) is 0 Å². The molecule has 1 rings (SSSR count). The summed E-state index contributed by atoms with van der Waals surface area (Å²) >= 11 is 0. The molecule has 3 N–H and O–H groups in total. The molecule has 1 aliphatic rings. The zero-order chi connectivity index (χ0) is 11.5. The van der Waals surface area contributed by atoms with Crippen molar-refractivity contribution in [2.45, 2.75) is 26.2 Å². The Labute approximate surface area is 89.2 Å². The number of amides is 1. The average molecular weight is 214 g/mol. The maximum absolute atomic E-state index is 11.5. The third kappa shape index (κ3) is 2.68. The summed E-state index contributed by atoms with van der Waals surface area (Å²) in [6.07, 6.45) is 1.40. The van der Waals surface area contributed by atoms with Gasteiger partial charge < -0.3 is 15.7 Å². The number of nitrogens with zero attached hydrogens (tertiary/aromatic N) is 1. The van der Waals surface area contributed by atoms with Gasteiger partial charge in [0.2, 0.25) is 5.91 Å². The molecule has 0 unspecified atom stereocenters. The molecule has 5 heteroatoms. The zero-order valence-corrected chi connectivity index (χ0v) is 9.03. The Kier molecular flexibility index (Phi) is 3.68. The molecule has 86 valence electrons. The fraction of sp³-hybridized carbons (Fsp3) is 0.800. The van der Waals surface area contributed by atoms with Gasteiger partial charge in [-0.25, -0.2) is 0 Å². The third-order valence-corrected chi connectivity index (χ3v) is 3.09. The van der Waals surface area contributed by atoms with Gasteiger partial charge in [0.05, 0.1) is 5.41 Å². The van der Waals surface area contributed by atoms with Crippen LogP contribution in [0.2, 0.25) is 0 Å². The number of rotatable bonds is 3. The summed E-state index contributed by atoms with van der Waals surface area (Å²) in [4.78, 5) is 24.1. The Morgan fingerprint density at radius 1 is 1.40 bits per heavy atom. The summed E-state index contributed by atoms with van der Waals surface area (Å²) in [6.45, 7) is 3.15. The Bertz CT molecular complexity index is 257. The second-order valence-corrected chi connectivity index (χ2v) is 4.29. The molecule has 1 amide bonds. The third-order valence-electron chi connectivity index (χ3n) is 3.09. The molecule has 0 radical (unpaired) electrons. The molecule has 0 atom stereocenters. The van der Waals surface area contributed by atoms with E-state index in [1.807, 2.05) is 0 Å². The van der Waals surface area contributed by atoms with E-state index < -0.39 is 11.4 Å². The number of hydrogen-bond acceptors (Lipinski definition) is 3. The fourth-order valence-electron chi connectivity index (χ4n) is 1.75. The number of carbonyl (C=O) groups excluding carboxylic acids is 1. The molecule has 0 saturated carbocycles. The van der Waals surface area contributed by atoms with Crippen molar-refractivity contribution in [1.29, 1.82) is 0 Å². The normalized spacial score (nSPS) is 20.0. The smallest absolute Gasteiger partial charge is 0.309 e. The summed E-state index contributed by atoms with van der Waals surface area (Å²) in [5.41, 5.74) is 4.63. The molecule has 0 aromatic rings. The minimum Gasteiger partial charge on any atom is -0.481 e. The topological polar surface area (TPSA) is 83.6 Å². The van der Waals surface area contributed by atoms with Crippen molar-refractivity contribution >= 4 is 11.9 Å². The summed E-state index contributed by atoms with van der Waals surface area (Å²) in [7, 11) is 0. The molecule has 0 spiro atoms. The van der Waals surface area contributed by atoms with Gasteiger partial charge in [-0.2, -0.15) is 0 Å². The van der Waals surface area contributed by atoms with Crippen molar-refractivity contribution in [1.82, 2.24) is 4.90 Å². The number of likely N-dealkylation sites (tertiary alicyclic amines) is 1. The molecule has 1 heterocycles. The lowest BCUT2D eigenvalue weighted by molar-refractivity contribution is -0.153. The average Bonchev–Trinajstić information content (AvgIpc) is 2.19. The number of carboxylic acids is 1. The number of piperidine rings is 1. The Morgan fingerprint density at radius 3 is 2.33 bits per heavy atom. The monoisotopic (exact) mass is 214 g/mol. The summed E-state index contributed by atoms with van der Waals surface area (Å²) in [6, 6.07) is 0. The molecule has 0 aromatic heterocycles. The van der Waals surface area contributed by atoms with E-state index in [2.05, 4.69) is 0 Å². The standard InChI is InChI=1S/C10H18N2O3/c1-10(9(14)15)3-6-12(7-4-10)8(13)2-5-11/h2-7,11H2,1H3,(H,14,15). The van der Waals surface area contributed by atoms with Crippen LogP contribution in [0.3, 0.4) is 0 Å². The highest BCUT2D eigenvalue weighted by Gasteiger charge is 2.37. The van der Waals surface area contributed by atoms with Crippen molar-refractivity contribution in [3.63, 3.8) is 0 Å². The van der Waals surface area contributed by atoms with Gasteiger partial charge in [-0.3, -0.25) is 9.59 Å². The first-order valence-corrected chi connectivity index (χ1v) is 5.21. The largest absolute Gasteiger partial charge is 0.481 e. The zero-order valence-electron chi connectivity index (χ0n) is 9.03. The van der Waals surface area contributed by atoms with E-state index in [4.69, 9.17) is 10.8 Å². The predicted molar refractivity (Wildman–Crippen MR) is 55.2 cm³/mol. The van der Waals surface area contributed by atoms with Crippen LogP contribution in [-0.2, 0) is 9.59 Å². The van der Waals surface area contributed by atoms with Gasteiger partial charge in [0.1, 0.15) is 0 Å². The van der Waals surface area contributed by atoms with Crippen molar-refractivity contribution in [2.24, 2.45) is 11.1 Å². The SMILES string of the molecule is CC1(C(=O)O)CCN(C(=O)CCN)CC1. The van der Waals surface area contributed by atoms with Gasteiger partial charge in [-0.1, -0.05) is 0 Å². The van der Waals surface area contributed by atoms with E-state index in [0.717, 1.165) is 0 Å². The highest BCUT2D eigenvalue weighted by molar-refractivity contribution is 5.78. The molecule has 1 fully saturated rings. The fourth-order valence-corrected chi connectivity index (χ4v) is 1.75. The first-order valence-electron chi connectivity index (χ1n) is 5.21. The van der Waals surface area contributed by atoms with Gasteiger partial charge in [0, 0.05) is 26.1 Å². The molecular weight excluding hydrogens is 196 g/mol. The maximum atomic E-state index is 11.5. The van der Waals surface area contributed by atoms with E-state index in [0.29, 0.717) is 38.9 Å². The molecular formula is C10H18N2O3. The van der Waals surface area contributed by atoms with E-state index in [-0.39, 0.29) is 5.91 Å². The van der Waals surface area contributed by atoms with Gasteiger partial charge in [0.15, 0.2) is 0 Å². The molecule has 0 aliphatic carbocycles. The minimum atomic E-state index is -0.770. The maximum Gasteiger partial charge on any atom is 0.309 e. The molecule has 0 bridgehead atoms. The Balaban J connectivity index is 2.49. The highest BCUT2D eigenvalue weighted by Crippen LogP contribution is 2.31. The quantitative estimate of drug-likeness (QED) is 0.695. The van der Waals surface area contributed by atoms with Crippen molar-refractivity contribution in [2.75, 3.05) is 19.6 Å². The van der Waals surface area contributed by atoms with Crippen LogP contribution in [0.15, 0.2) is 0 Å². The van der Waals surface area contributed by atoms with Crippen LogP contribution in [-0.4, -0.2) is 41.5 Å². The van der Waals surface area contributed by atoms with Gasteiger partial charge in [-0.05, 0) is 19.8 Å². The number of carbonyl (C=O) groups is 2. The van der Waals surface area contributed by atoms with Crippen molar-refractivity contribution < 1.29 is 14.7 Å². The second-order valence-electron chi connectivity index (χ2n) is 4.29. The van der Waals surface area contributed by atoms with Crippen LogP contribution in [0.4, 0.5) is 0 Å². The van der Waals surface area contributed by atoms with Crippen LogP contribution in [0.1, 0.15) is 26.2 Å². The predicted octanol–water partition coefficient (Wildman–Crippen LogP) is 0.0485. The van der Waals surface area contributed by atoms with E-state index in [9.17, 15) is 9.59 Å². The lowest BCUT2D eigenvalue weighted by Gasteiger charge is -2.36. The van der Waals surface area contributed by atoms with Crippen LogP contribution >= 0.6 is 0 Å². The second kappa shape index (κ2) is 4.61. The highest BCUT2D eigenvalue weighted by atomic mass is 16.4. The first-order chi connectivity index (χ1) is 6.99. The van der Waals surface area contributed by atoms with E-state index in [1.54, 1.807) is 11.8 Å². The molecule has 5 nitrogen and oxygen atoms in total. The van der Waals surface area contributed by atoms with Gasteiger partial charge >= 0.3 is 5.97 Å². The lowest BCUT2D eigenvalue weighted by Crippen LogP contribution is -2.45. The van der Waals surface area contributed by atoms with Gasteiger partial charge in [0.25, 0.3) is 0 Å². The molecule has 0 aromatic carbocycles. The first kappa shape index (κ1) is 12.0. The number of carboxylic acid groups (broad SMARTS) is 1. The van der Waals surface area contributed by atoms with E-state index >= 15 is 0 Å².